The van der Waals surface area contributed by atoms with Crippen LogP contribution in [0.3, 0.4) is 0 Å². The zero-order valence-electron chi connectivity index (χ0n) is 8.79. The second-order valence-corrected chi connectivity index (χ2v) is 3.45. The van der Waals surface area contributed by atoms with Crippen molar-refractivity contribution in [3.05, 3.63) is 29.6 Å². The first-order chi connectivity index (χ1) is 7.04. The molecule has 0 heterocycles. The lowest BCUT2D eigenvalue weighted by atomic mass is 10.0. The van der Waals surface area contributed by atoms with E-state index in [1.807, 2.05) is 0 Å². The fourth-order valence-corrected chi connectivity index (χ4v) is 1.30. The third kappa shape index (κ3) is 3.02. The zero-order valence-corrected chi connectivity index (χ0v) is 8.79. The summed E-state index contributed by atoms with van der Waals surface area (Å²) in [6.45, 7) is 1.73. The number of hydrogen-bond donors (Lipinski definition) is 1. The molecule has 0 saturated carbocycles. The van der Waals surface area contributed by atoms with Gasteiger partial charge in [0.05, 0.1) is 12.7 Å². The lowest BCUT2D eigenvalue weighted by Gasteiger charge is -2.08. The summed E-state index contributed by atoms with van der Waals surface area (Å²) < 4.78 is 17.9. The number of methoxy groups -OCH3 is 1. The van der Waals surface area contributed by atoms with E-state index in [2.05, 4.69) is 0 Å². The highest BCUT2D eigenvalue weighted by atomic mass is 19.1. The molecule has 0 saturated heterocycles. The van der Waals surface area contributed by atoms with Crippen LogP contribution in [0.1, 0.15) is 23.7 Å². The van der Waals surface area contributed by atoms with Crippen LogP contribution >= 0.6 is 0 Å². The molecule has 0 fully saturated rings. The highest BCUT2D eigenvalue weighted by Gasteiger charge is 2.14. The average molecular weight is 211 g/mol. The number of benzene rings is 1. The normalized spacial score (nSPS) is 12.3. The third-order valence-electron chi connectivity index (χ3n) is 1.97. The summed E-state index contributed by atoms with van der Waals surface area (Å²) in [5.41, 5.74) is 5.75. The number of hydrogen-bond acceptors (Lipinski definition) is 3. The molecule has 1 rings (SSSR count). The van der Waals surface area contributed by atoms with Gasteiger partial charge in [-0.25, -0.2) is 4.39 Å². The Morgan fingerprint density at radius 3 is 2.80 bits per heavy atom. The predicted octanol–water partition coefficient (Wildman–Crippen LogP) is 1.75. The van der Waals surface area contributed by atoms with Crippen molar-refractivity contribution in [3.8, 4) is 5.75 Å². The monoisotopic (exact) mass is 211 g/mol. The molecule has 1 aromatic carbocycles. The van der Waals surface area contributed by atoms with Gasteiger partial charge in [0.1, 0.15) is 11.6 Å². The standard InChI is InChI=1S/C11H14FNO2/c1-7(13)5-10(14)9-6-8(12)3-4-11(9)15-2/h3-4,6-7H,5,13H2,1-2H3. The van der Waals surface area contributed by atoms with E-state index >= 15 is 0 Å². The van der Waals surface area contributed by atoms with E-state index in [9.17, 15) is 9.18 Å². The van der Waals surface area contributed by atoms with E-state index in [0.717, 1.165) is 0 Å². The molecule has 0 aliphatic carbocycles. The number of halogens is 1. The van der Waals surface area contributed by atoms with Gasteiger partial charge < -0.3 is 10.5 Å². The molecule has 0 amide bonds. The molecular weight excluding hydrogens is 197 g/mol. The second-order valence-electron chi connectivity index (χ2n) is 3.45. The molecular formula is C11H14FNO2. The predicted molar refractivity (Wildman–Crippen MR) is 55.5 cm³/mol. The smallest absolute Gasteiger partial charge is 0.168 e. The van der Waals surface area contributed by atoms with Crippen LogP contribution in [0.25, 0.3) is 0 Å². The summed E-state index contributed by atoms with van der Waals surface area (Å²) in [6.07, 6.45) is 0.180. The van der Waals surface area contributed by atoms with Gasteiger partial charge in [0.25, 0.3) is 0 Å². The minimum atomic E-state index is -0.455. The lowest BCUT2D eigenvalue weighted by Crippen LogP contribution is -2.20. The minimum absolute atomic E-state index is 0.180. The Morgan fingerprint density at radius 1 is 1.60 bits per heavy atom. The lowest BCUT2D eigenvalue weighted by molar-refractivity contribution is 0.0973. The Balaban J connectivity index is 3.00. The number of ketones is 1. The van der Waals surface area contributed by atoms with E-state index < -0.39 is 5.82 Å². The molecule has 3 nitrogen and oxygen atoms in total. The fourth-order valence-electron chi connectivity index (χ4n) is 1.30. The van der Waals surface area contributed by atoms with Crippen LogP contribution in [0.2, 0.25) is 0 Å². The van der Waals surface area contributed by atoms with Gasteiger partial charge in [-0.05, 0) is 25.1 Å². The van der Waals surface area contributed by atoms with Gasteiger partial charge in [-0.15, -0.1) is 0 Å². The Bertz CT molecular complexity index is 364. The maximum atomic E-state index is 12.9. The van der Waals surface area contributed by atoms with E-state index in [-0.39, 0.29) is 23.8 Å². The van der Waals surface area contributed by atoms with Crippen LogP contribution < -0.4 is 10.5 Å². The molecule has 82 valence electrons. The van der Waals surface area contributed by atoms with Crippen molar-refractivity contribution in [2.75, 3.05) is 7.11 Å². The highest BCUT2D eigenvalue weighted by Crippen LogP contribution is 2.21. The Morgan fingerprint density at radius 2 is 2.27 bits per heavy atom. The molecule has 0 radical (unpaired) electrons. The second kappa shape index (κ2) is 4.89. The maximum Gasteiger partial charge on any atom is 0.168 e. The minimum Gasteiger partial charge on any atom is -0.496 e. The van der Waals surface area contributed by atoms with Gasteiger partial charge in [0.2, 0.25) is 0 Å². The van der Waals surface area contributed by atoms with Gasteiger partial charge >= 0.3 is 0 Å². The van der Waals surface area contributed by atoms with Crippen molar-refractivity contribution in [2.45, 2.75) is 19.4 Å². The van der Waals surface area contributed by atoms with Gasteiger partial charge in [0, 0.05) is 12.5 Å². The Kier molecular flexibility index (Phi) is 3.80. The molecule has 0 spiro atoms. The fraction of sp³-hybridized carbons (Fsp3) is 0.364. The van der Waals surface area contributed by atoms with Crippen molar-refractivity contribution in [1.82, 2.24) is 0 Å². The van der Waals surface area contributed by atoms with Gasteiger partial charge in [-0.1, -0.05) is 0 Å². The summed E-state index contributed by atoms with van der Waals surface area (Å²) in [5, 5.41) is 0. The Hall–Kier alpha value is -1.42. The summed E-state index contributed by atoms with van der Waals surface area (Å²) >= 11 is 0. The van der Waals surface area contributed by atoms with Crippen molar-refractivity contribution in [3.63, 3.8) is 0 Å². The number of carbonyl (C=O) groups is 1. The quantitative estimate of drug-likeness (QED) is 0.772. The van der Waals surface area contributed by atoms with E-state index in [1.54, 1.807) is 6.92 Å². The molecule has 4 heteroatoms. The summed E-state index contributed by atoms with van der Waals surface area (Å²) in [5.74, 6) is -0.285. The van der Waals surface area contributed by atoms with E-state index in [4.69, 9.17) is 10.5 Å². The number of carbonyl (C=O) groups excluding carboxylic acids is 1. The topological polar surface area (TPSA) is 52.3 Å². The van der Waals surface area contributed by atoms with Crippen molar-refractivity contribution in [2.24, 2.45) is 5.73 Å². The number of ether oxygens (including phenoxy) is 1. The molecule has 0 aliphatic heterocycles. The number of Topliss-reactive ketones (excluding diaryl/α,β-unsaturated/α-hetero) is 1. The van der Waals surface area contributed by atoms with Crippen LogP contribution in [-0.4, -0.2) is 18.9 Å². The first-order valence-corrected chi connectivity index (χ1v) is 4.67. The molecule has 1 aromatic rings. The van der Waals surface area contributed by atoms with E-state index in [1.165, 1.54) is 25.3 Å². The highest BCUT2D eigenvalue weighted by molar-refractivity contribution is 5.99. The molecule has 1 unspecified atom stereocenters. The first kappa shape index (κ1) is 11.7. The van der Waals surface area contributed by atoms with Crippen LogP contribution in [0, 0.1) is 5.82 Å². The van der Waals surface area contributed by atoms with Crippen LogP contribution in [0.15, 0.2) is 18.2 Å². The average Bonchev–Trinajstić information content (AvgIpc) is 2.16. The molecule has 0 aliphatic rings. The molecule has 0 aromatic heterocycles. The zero-order chi connectivity index (χ0) is 11.4. The van der Waals surface area contributed by atoms with E-state index in [0.29, 0.717) is 5.75 Å². The molecule has 2 N–H and O–H groups in total. The van der Waals surface area contributed by atoms with Crippen LogP contribution in [0.4, 0.5) is 4.39 Å². The first-order valence-electron chi connectivity index (χ1n) is 4.67. The summed E-state index contributed by atoms with van der Waals surface area (Å²) in [6, 6.07) is 3.61. The molecule has 1 atom stereocenters. The van der Waals surface area contributed by atoms with Crippen LogP contribution in [-0.2, 0) is 0 Å². The number of rotatable bonds is 4. The number of nitrogens with two attached hydrogens (primary N) is 1. The third-order valence-corrected chi connectivity index (χ3v) is 1.97. The van der Waals surface area contributed by atoms with Crippen molar-refractivity contribution >= 4 is 5.78 Å². The summed E-state index contributed by atoms with van der Waals surface area (Å²) in [7, 11) is 1.44. The van der Waals surface area contributed by atoms with Crippen molar-refractivity contribution < 1.29 is 13.9 Å². The largest absolute Gasteiger partial charge is 0.496 e. The molecule has 0 bridgehead atoms. The van der Waals surface area contributed by atoms with Gasteiger partial charge in [-0.3, -0.25) is 4.79 Å². The van der Waals surface area contributed by atoms with Crippen LogP contribution in [0.5, 0.6) is 5.75 Å². The van der Waals surface area contributed by atoms with Crippen molar-refractivity contribution in [1.29, 1.82) is 0 Å². The Labute approximate surface area is 88.0 Å². The molecule has 15 heavy (non-hydrogen) atoms. The SMILES string of the molecule is COc1ccc(F)cc1C(=O)CC(C)N. The van der Waals surface area contributed by atoms with Gasteiger partial charge in [-0.2, -0.15) is 0 Å². The van der Waals surface area contributed by atoms with Gasteiger partial charge in [0.15, 0.2) is 5.78 Å². The summed E-state index contributed by atoms with van der Waals surface area (Å²) in [4.78, 5) is 11.7. The maximum absolute atomic E-state index is 12.9.